The van der Waals surface area contributed by atoms with Gasteiger partial charge in [-0.25, -0.2) is 9.37 Å². The quantitative estimate of drug-likeness (QED) is 0.233. The van der Waals surface area contributed by atoms with Crippen molar-refractivity contribution in [3.05, 3.63) is 64.7 Å². The molecule has 1 amide bonds. The minimum Gasteiger partial charge on any atom is -0.489 e. The number of amides is 1. The summed E-state index contributed by atoms with van der Waals surface area (Å²) in [5.41, 5.74) is -0.636. The zero-order chi connectivity index (χ0) is 26.5. The molecule has 0 radical (unpaired) electrons. The zero-order valence-electron chi connectivity index (χ0n) is 19.5. The van der Waals surface area contributed by atoms with Gasteiger partial charge in [0.15, 0.2) is 0 Å². The molecule has 3 rings (SSSR count). The molecule has 0 saturated heterocycles. The highest BCUT2D eigenvalue weighted by Crippen LogP contribution is 2.33. The number of anilines is 1. The van der Waals surface area contributed by atoms with Crippen molar-refractivity contribution in [2.24, 2.45) is 0 Å². The SMILES string of the molecule is CC(C)(C)OCCOc1ccc(-c2ncc(C(F)(F)F)[nH]2)cc1NC(=O)C#Cc1ccc(F)c(Cl)c1. The van der Waals surface area contributed by atoms with E-state index in [2.05, 4.69) is 27.1 Å². The van der Waals surface area contributed by atoms with Crippen molar-refractivity contribution in [2.75, 3.05) is 18.5 Å². The van der Waals surface area contributed by atoms with Gasteiger partial charge in [0.05, 0.1) is 29.1 Å². The van der Waals surface area contributed by atoms with Gasteiger partial charge in [-0.05, 0) is 57.2 Å². The highest BCUT2D eigenvalue weighted by atomic mass is 35.5. The van der Waals surface area contributed by atoms with Crippen molar-refractivity contribution in [3.8, 4) is 29.0 Å². The maximum Gasteiger partial charge on any atom is 0.432 e. The number of aromatic amines is 1. The smallest absolute Gasteiger partial charge is 0.432 e. The third-order valence-electron chi connectivity index (χ3n) is 4.50. The summed E-state index contributed by atoms with van der Waals surface area (Å²) >= 11 is 5.72. The van der Waals surface area contributed by atoms with Gasteiger partial charge in [0, 0.05) is 17.0 Å². The van der Waals surface area contributed by atoms with Gasteiger partial charge in [-0.2, -0.15) is 13.2 Å². The number of alkyl halides is 3. The first-order chi connectivity index (χ1) is 16.8. The molecule has 6 nitrogen and oxygen atoms in total. The predicted octanol–water partition coefficient (Wildman–Crippen LogP) is 6.07. The number of halogens is 5. The van der Waals surface area contributed by atoms with E-state index in [1.54, 1.807) is 0 Å². The lowest BCUT2D eigenvalue weighted by molar-refractivity contribution is -0.140. The van der Waals surface area contributed by atoms with E-state index in [0.717, 1.165) is 6.07 Å². The van der Waals surface area contributed by atoms with Crippen LogP contribution in [0.25, 0.3) is 11.4 Å². The summed E-state index contributed by atoms with van der Waals surface area (Å²) in [5.74, 6) is 3.77. The van der Waals surface area contributed by atoms with Crippen LogP contribution in [0.1, 0.15) is 32.0 Å². The van der Waals surface area contributed by atoms with Crippen molar-refractivity contribution < 1.29 is 31.8 Å². The first-order valence-electron chi connectivity index (χ1n) is 10.6. The number of carbonyl (C=O) groups excluding carboxylic acids is 1. The highest BCUT2D eigenvalue weighted by Gasteiger charge is 2.33. The number of ether oxygens (including phenoxy) is 2. The molecule has 0 saturated carbocycles. The molecule has 36 heavy (non-hydrogen) atoms. The third-order valence-corrected chi connectivity index (χ3v) is 4.79. The van der Waals surface area contributed by atoms with Crippen LogP contribution in [0.2, 0.25) is 5.02 Å². The molecule has 1 aromatic heterocycles. The first kappa shape index (κ1) is 27.0. The summed E-state index contributed by atoms with van der Waals surface area (Å²) in [6.07, 6.45) is -3.90. The molecule has 11 heteroatoms. The van der Waals surface area contributed by atoms with Crippen molar-refractivity contribution in [1.29, 1.82) is 0 Å². The van der Waals surface area contributed by atoms with Gasteiger partial charge in [-0.1, -0.05) is 17.5 Å². The van der Waals surface area contributed by atoms with E-state index < -0.39 is 23.6 Å². The summed E-state index contributed by atoms with van der Waals surface area (Å²) in [4.78, 5) is 18.5. The number of aromatic nitrogens is 2. The van der Waals surface area contributed by atoms with E-state index >= 15 is 0 Å². The Hall–Kier alpha value is -3.55. The maximum atomic E-state index is 13.3. The molecule has 0 spiro atoms. The summed E-state index contributed by atoms with van der Waals surface area (Å²) in [6.45, 7) is 6.08. The summed E-state index contributed by atoms with van der Waals surface area (Å²) in [7, 11) is 0. The number of nitrogens with zero attached hydrogens (tertiary/aromatic N) is 1. The van der Waals surface area contributed by atoms with Gasteiger partial charge < -0.3 is 19.8 Å². The van der Waals surface area contributed by atoms with Crippen molar-refractivity contribution in [2.45, 2.75) is 32.5 Å². The number of benzene rings is 2. The van der Waals surface area contributed by atoms with E-state index in [1.807, 2.05) is 20.8 Å². The largest absolute Gasteiger partial charge is 0.489 e. The van der Waals surface area contributed by atoms with Crippen LogP contribution in [0.3, 0.4) is 0 Å². The van der Waals surface area contributed by atoms with Crippen LogP contribution in [0, 0.1) is 17.7 Å². The number of rotatable bonds is 6. The van der Waals surface area contributed by atoms with Crippen LogP contribution in [-0.4, -0.2) is 34.7 Å². The molecule has 3 aromatic rings. The molecule has 2 aromatic carbocycles. The summed E-state index contributed by atoms with van der Waals surface area (Å²) in [5, 5.41) is 2.42. The second kappa shape index (κ2) is 11.0. The minimum atomic E-state index is -4.59. The summed E-state index contributed by atoms with van der Waals surface area (Å²) < 4.78 is 63.5. The lowest BCUT2D eigenvalue weighted by Gasteiger charge is -2.20. The lowest BCUT2D eigenvalue weighted by atomic mass is 10.1. The molecule has 0 unspecified atom stereocenters. The standard InChI is InChI=1S/C25H22ClF4N3O3/c1-24(2,3)36-11-10-35-20-8-6-16(23-31-14-21(33-23)25(28,29)30)13-19(20)32-22(34)9-5-15-4-7-18(27)17(26)12-15/h4,6-8,12-14H,10-11H2,1-3H3,(H,31,33)(H,32,34). The van der Waals surface area contributed by atoms with Gasteiger partial charge in [0.25, 0.3) is 0 Å². The Morgan fingerprint density at radius 2 is 1.89 bits per heavy atom. The van der Waals surface area contributed by atoms with Crippen molar-refractivity contribution in [3.63, 3.8) is 0 Å². The number of carbonyl (C=O) groups is 1. The van der Waals surface area contributed by atoms with Gasteiger partial charge in [-0.15, -0.1) is 0 Å². The Balaban J connectivity index is 1.84. The Bertz CT molecular complexity index is 1300. The van der Waals surface area contributed by atoms with E-state index in [-0.39, 0.29) is 46.7 Å². The molecule has 0 aliphatic rings. The minimum absolute atomic E-state index is 0.0486. The maximum absolute atomic E-state index is 13.3. The summed E-state index contributed by atoms with van der Waals surface area (Å²) in [6, 6.07) is 8.16. The number of imidazole rings is 1. The lowest BCUT2D eigenvalue weighted by Crippen LogP contribution is -2.22. The molecule has 0 aliphatic heterocycles. The molecule has 0 atom stereocenters. The van der Waals surface area contributed by atoms with Crippen LogP contribution in [0.15, 0.2) is 42.6 Å². The van der Waals surface area contributed by atoms with Crippen LogP contribution in [0.4, 0.5) is 23.2 Å². The van der Waals surface area contributed by atoms with E-state index in [9.17, 15) is 22.4 Å². The highest BCUT2D eigenvalue weighted by molar-refractivity contribution is 6.30. The fraction of sp³-hybridized carbons (Fsp3) is 0.280. The zero-order valence-corrected chi connectivity index (χ0v) is 20.3. The average Bonchev–Trinajstić information content (AvgIpc) is 3.29. The number of H-pyrrole nitrogens is 1. The van der Waals surface area contributed by atoms with Crippen LogP contribution in [0.5, 0.6) is 5.75 Å². The van der Waals surface area contributed by atoms with Gasteiger partial charge in [0.2, 0.25) is 0 Å². The van der Waals surface area contributed by atoms with E-state index in [1.165, 1.54) is 30.3 Å². The Labute approximate surface area is 210 Å². The molecule has 1 heterocycles. The molecular formula is C25H22ClF4N3O3. The van der Waals surface area contributed by atoms with Crippen LogP contribution >= 0.6 is 11.6 Å². The van der Waals surface area contributed by atoms with Crippen LogP contribution < -0.4 is 10.1 Å². The van der Waals surface area contributed by atoms with Gasteiger partial charge in [-0.3, -0.25) is 4.79 Å². The Morgan fingerprint density at radius 1 is 1.14 bits per heavy atom. The molecule has 0 bridgehead atoms. The van der Waals surface area contributed by atoms with Crippen molar-refractivity contribution in [1.82, 2.24) is 9.97 Å². The molecular weight excluding hydrogens is 502 g/mol. The van der Waals surface area contributed by atoms with Gasteiger partial charge in [0.1, 0.15) is 29.7 Å². The van der Waals surface area contributed by atoms with Crippen LogP contribution in [-0.2, 0) is 15.7 Å². The van der Waals surface area contributed by atoms with Gasteiger partial charge >= 0.3 is 12.1 Å². The molecule has 190 valence electrons. The molecule has 2 N–H and O–H groups in total. The molecule has 0 fully saturated rings. The predicted molar refractivity (Wildman–Crippen MR) is 127 cm³/mol. The monoisotopic (exact) mass is 523 g/mol. The number of hydrogen-bond donors (Lipinski definition) is 2. The molecule has 0 aliphatic carbocycles. The van der Waals surface area contributed by atoms with E-state index in [4.69, 9.17) is 21.1 Å². The Morgan fingerprint density at radius 3 is 2.53 bits per heavy atom. The number of hydrogen-bond acceptors (Lipinski definition) is 4. The fourth-order valence-electron chi connectivity index (χ4n) is 2.87. The Kier molecular flexibility index (Phi) is 8.28. The second-order valence-electron chi connectivity index (χ2n) is 8.50. The van der Waals surface area contributed by atoms with E-state index in [0.29, 0.717) is 11.8 Å². The number of nitrogens with one attached hydrogen (secondary N) is 2. The second-order valence-corrected chi connectivity index (χ2v) is 8.90. The third kappa shape index (κ3) is 7.73. The topological polar surface area (TPSA) is 76.2 Å². The van der Waals surface area contributed by atoms with Crippen molar-refractivity contribution >= 4 is 23.2 Å². The normalized spacial score (nSPS) is 11.6. The fourth-order valence-corrected chi connectivity index (χ4v) is 3.05. The average molecular weight is 524 g/mol. The first-order valence-corrected chi connectivity index (χ1v) is 11.0.